The van der Waals surface area contributed by atoms with E-state index in [0.717, 1.165) is 10.8 Å². The van der Waals surface area contributed by atoms with Gasteiger partial charge in [-0.1, -0.05) is 54.6 Å². The zero-order valence-electron chi connectivity index (χ0n) is 13.4. The van der Waals surface area contributed by atoms with Gasteiger partial charge < -0.3 is 5.11 Å². The molecule has 1 amide bonds. The summed E-state index contributed by atoms with van der Waals surface area (Å²) in [5.41, 5.74) is 0.997. The molecule has 0 bridgehead atoms. The fourth-order valence-corrected chi connectivity index (χ4v) is 3.15. The van der Waals surface area contributed by atoms with Crippen LogP contribution in [0.5, 0.6) is 0 Å². The number of rotatable bonds is 5. The molecule has 0 aliphatic rings. The molecule has 0 radical (unpaired) electrons. The van der Waals surface area contributed by atoms with Gasteiger partial charge in [0.15, 0.2) is 0 Å². The molecule has 1 N–H and O–H groups in total. The standard InChI is InChI=1S/C20H17NO3S/c22-19(15-8-2-1-3-9-15)21(18(13-25)20(23)24)17-12-6-10-14-7-4-5-11-16(14)17/h1-12,18,25H,13H2,(H,23,24)/t18-/m1/s1. The fraction of sp³-hybridized carbons (Fsp3) is 0.100. The fourth-order valence-electron chi connectivity index (χ4n) is 2.83. The Morgan fingerprint density at radius 1 is 0.920 bits per heavy atom. The van der Waals surface area contributed by atoms with Crippen molar-refractivity contribution in [3.63, 3.8) is 0 Å². The van der Waals surface area contributed by atoms with Crippen LogP contribution in [0.4, 0.5) is 5.69 Å². The largest absolute Gasteiger partial charge is 0.480 e. The number of amides is 1. The number of benzene rings is 3. The second kappa shape index (κ2) is 7.40. The number of hydrogen-bond acceptors (Lipinski definition) is 3. The van der Waals surface area contributed by atoms with Gasteiger partial charge in [0.1, 0.15) is 6.04 Å². The topological polar surface area (TPSA) is 57.6 Å². The summed E-state index contributed by atoms with van der Waals surface area (Å²) >= 11 is 4.17. The maximum Gasteiger partial charge on any atom is 0.327 e. The lowest BCUT2D eigenvalue weighted by molar-refractivity contribution is -0.137. The SMILES string of the molecule is O=C(O)[C@@H](CS)N(C(=O)c1ccccc1)c1cccc2ccccc12. The van der Waals surface area contributed by atoms with Gasteiger partial charge >= 0.3 is 5.97 Å². The molecule has 4 nitrogen and oxygen atoms in total. The first-order chi connectivity index (χ1) is 12.1. The minimum Gasteiger partial charge on any atom is -0.480 e. The first kappa shape index (κ1) is 17.0. The molecule has 0 aliphatic carbocycles. The maximum atomic E-state index is 13.1. The molecule has 3 rings (SSSR count). The second-order valence-electron chi connectivity index (χ2n) is 5.58. The summed E-state index contributed by atoms with van der Waals surface area (Å²) in [5.74, 6) is -1.44. The predicted octanol–water partition coefficient (Wildman–Crippen LogP) is 3.87. The molecule has 0 heterocycles. The van der Waals surface area contributed by atoms with E-state index in [9.17, 15) is 14.7 Å². The molecule has 0 saturated carbocycles. The van der Waals surface area contributed by atoms with Gasteiger partial charge in [0.25, 0.3) is 5.91 Å². The lowest BCUT2D eigenvalue weighted by atomic mass is 10.1. The van der Waals surface area contributed by atoms with Gasteiger partial charge in [0.05, 0.1) is 5.69 Å². The average molecular weight is 351 g/mol. The van der Waals surface area contributed by atoms with Crippen molar-refractivity contribution in [2.45, 2.75) is 6.04 Å². The van der Waals surface area contributed by atoms with Crippen LogP contribution in [0.2, 0.25) is 0 Å². The van der Waals surface area contributed by atoms with Gasteiger partial charge in [0, 0.05) is 16.7 Å². The van der Waals surface area contributed by atoms with E-state index in [1.807, 2.05) is 42.5 Å². The Morgan fingerprint density at radius 3 is 2.24 bits per heavy atom. The van der Waals surface area contributed by atoms with Crippen LogP contribution in [0, 0.1) is 0 Å². The lowest BCUT2D eigenvalue weighted by Gasteiger charge is -2.29. The predicted molar refractivity (Wildman–Crippen MR) is 102 cm³/mol. The number of thiol groups is 1. The second-order valence-corrected chi connectivity index (χ2v) is 5.94. The Morgan fingerprint density at radius 2 is 1.56 bits per heavy atom. The Labute approximate surface area is 151 Å². The summed E-state index contributed by atoms with van der Waals surface area (Å²) in [7, 11) is 0. The van der Waals surface area contributed by atoms with Crippen LogP contribution in [-0.2, 0) is 4.79 Å². The quantitative estimate of drug-likeness (QED) is 0.686. The number of carbonyl (C=O) groups excluding carboxylic acids is 1. The number of carboxylic acid groups (broad SMARTS) is 1. The van der Waals surface area contributed by atoms with Gasteiger partial charge in [-0.05, 0) is 23.6 Å². The molecule has 0 saturated heterocycles. The molecule has 5 heteroatoms. The van der Waals surface area contributed by atoms with Crippen molar-refractivity contribution >= 4 is 41.0 Å². The number of fused-ring (bicyclic) bond motifs is 1. The van der Waals surface area contributed by atoms with Crippen molar-refractivity contribution in [2.24, 2.45) is 0 Å². The molecule has 0 unspecified atom stereocenters. The molecule has 0 spiro atoms. The van der Waals surface area contributed by atoms with Crippen molar-refractivity contribution < 1.29 is 14.7 Å². The normalized spacial score (nSPS) is 11.9. The highest BCUT2D eigenvalue weighted by atomic mass is 32.1. The Balaban J connectivity index is 2.20. The van der Waals surface area contributed by atoms with Gasteiger partial charge in [-0.2, -0.15) is 12.6 Å². The number of carboxylic acids is 1. The third-order valence-corrected chi connectivity index (χ3v) is 4.38. The molecule has 0 aliphatic heterocycles. The van der Waals surface area contributed by atoms with E-state index in [2.05, 4.69) is 12.6 Å². The minimum atomic E-state index is -1.09. The number of hydrogen-bond donors (Lipinski definition) is 2. The van der Waals surface area contributed by atoms with Crippen LogP contribution >= 0.6 is 12.6 Å². The van der Waals surface area contributed by atoms with Crippen LogP contribution in [0.15, 0.2) is 72.8 Å². The first-order valence-electron chi connectivity index (χ1n) is 7.83. The highest BCUT2D eigenvalue weighted by Gasteiger charge is 2.31. The molecule has 3 aromatic carbocycles. The van der Waals surface area contributed by atoms with Gasteiger partial charge in [-0.25, -0.2) is 4.79 Å². The van der Waals surface area contributed by atoms with Crippen LogP contribution in [0.1, 0.15) is 10.4 Å². The molecule has 25 heavy (non-hydrogen) atoms. The zero-order chi connectivity index (χ0) is 17.8. The van der Waals surface area contributed by atoms with Crippen molar-refractivity contribution in [3.05, 3.63) is 78.4 Å². The van der Waals surface area contributed by atoms with Crippen LogP contribution < -0.4 is 4.90 Å². The van der Waals surface area contributed by atoms with Crippen LogP contribution in [0.25, 0.3) is 10.8 Å². The van der Waals surface area contributed by atoms with Crippen LogP contribution in [-0.4, -0.2) is 28.8 Å². The highest BCUT2D eigenvalue weighted by Crippen LogP contribution is 2.30. The summed E-state index contributed by atoms with van der Waals surface area (Å²) in [6.45, 7) is 0. The zero-order valence-corrected chi connectivity index (χ0v) is 14.3. The number of anilines is 1. The van der Waals surface area contributed by atoms with E-state index < -0.39 is 12.0 Å². The lowest BCUT2D eigenvalue weighted by Crippen LogP contribution is -2.46. The van der Waals surface area contributed by atoms with E-state index in [4.69, 9.17) is 0 Å². The molecular weight excluding hydrogens is 334 g/mol. The molecule has 0 fully saturated rings. The number of carbonyl (C=O) groups is 2. The number of nitrogens with zero attached hydrogens (tertiary/aromatic N) is 1. The van der Waals surface area contributed by atoms with Crippen molar-refractivity contribution in [3.8, 4) is 0 Å². The van der Waals surface area contributed by atoms with E-state index in [0.29, 0.717) is 11.3 Å². The van der Waals surface area contributed by atoms with Gasteiger partial charge in [0.2, 0.25) is 0 Å². The molecular formula is C20H17NO3S. The van der Waals surface area contributed by atoms with E-state index in [-0.39, 0.29) is 11.7 Å². The molecule has 126 valence electrons. The average Bonchev–Trinajstić information content (AvgIpc) is 2.65. The minimum absolute atomic E-state index is 0.0110. The smallest absolute Gasteiger partial charge is 0.327 e. The summed E-state index contributed by atoms with van der Waals surface area (Å²) in [4.78, 5) is 26.2. The van der Waals surface area contributed by atoms with E-state index >= 15 is 0 Å². The Bertz CT molecular complexity index is 906. The third kappa shape index (κ3) is 3.37. The van der Waals surface area contributed by atoms with Crippen LogP contribution in [0.3, 0.4) is 0 Å². The highest BCUT2D eigenvalue weighted by molar-refractivity contribution is 7.80. The van der Waals surface area contributed by atoms with Gasteiger partial charge in [-0.15, -0.1) is 0 Å². The van der Waals surface area contributed by atoms with Crippen molar-refractivity contribution in [1.82, 2.24) is 0 Å². The Hall–Kier alpha value is -2.79. The summed E-state index contributed by atoms with van der Waals surface area (Å²) in [6, 6.07) is 20.7. The maximum absolute atomic E-state index is 13.1. The van der Waals surface area contributed by atoms with E-state index in [1.54, 1.807) is 30.3 Å². The molecule has 0 aromatic heterocycles. The van der Waals surface area contributed by atoms with Crippen molar-refractivity contribution in [1.29, 1.82) is 0 Å². The monoisotopic (exact) mass is 351 g/mol. The summed E-state index contributed by atoms with van der Waals surface area (Å²) < 4.78 is 0. The van der Waals surface area contributed by atoms with E-state index in [1.165, 1.54) is 4.90 Å². The third-order valence-electron chi connectivity index (χ3n) is 4.04. The van der Waals surface area contributed by atoms with Gasteiger partial charge in [-0.3, -0.25) is 9.69 Å². The summed E-state index contributed by atoms with van der Waals surface area (Å²) in [5, 5.41) is 11.4. The first-order valence-corrected chi connectivity index (χ1v) is 8.46. The molecule has 3 aromatic rings. The summed E-state index contributed by atoms with van der Waals surface area (Å²) in [6.07, 6.45) is 0. The molecule has 1 atom stereocenters. The number of aliphatic carboxylic acids is 1. The van der Waals surface area contributed by atoms with Crippen molar-refractivity contribution in [2.75, 3.05) is 10.7 Å². The Kier molecular flexibility index (Phi) is 5.05.